The quantitative estimate of drug-likeness (QED) is 0.476. The van der Waals surface area contributed by atoms with Crippen molar-refractivity contribution in [1.29, 1.82) is 0 Å². The fraction of sp³-hybridized carbons (Fsp3) is 0.391. The van der Waals surface area contributed by atoms with Crippen LogP contribution in [0.2, 0.25) is 0 Å². The number of benzene rings is 2. The van der Waals surface area contributed by atoms with Crippen LogP contribution < -0.4 is 0 Å². The first kappa shape index (κ1) is 17.8. The second-order valence-corrected chi connectivity index (χ2v) is 7.32. The van der Waals surface area contributed by atoms with Gasteiger partial charge < -0.3 is 9.47 Å². The molecule has 25 heavy (non-hydrogen) atoms. The van der Waals surface area contributed by atoms with E-state index in [1.165, 1.54) is 27.8 Å². The summed E-state index contributed by atoms with van der Waals surface area (Å²) >= 11 is 0. The Morgan fingerprint density at radius 1 is 1.00 bits per heavy atom. The highest BCUT2D eigenvalue weighted by Gasteiger charge is 2.23. The molecule has 0 saturated carbocycles. The van der Waals surface area contributed by atoms with Crippen molar-refractivity contribution < 1.29 is 9.47 Å². The summed E-state index contributed by atoms with van der Waals surface area (Å²) < 4.78 is 11.0. The Balaban J connectivity index is 1.69. The highest BCUT2D eigenvalue weighted by Crippen LogP contribution is 2.25. The summed E-state index contributed by atoms with van der Waals surface area (Å²) in [6.45, 7) is 10.1. The molecular formula is C23H28O2. The Morgan fingerprint density at radius 3 is 2.08 bits per heavy atom. The standard InChI is InChI=1S/C23H28O2/c1-16(2)13-19-5-7-21(8-6-19)22-11-9-20(10-12-22)17(3)18(4)24-14-23-15-25-23/h5-12,16,23H,13-15H2,1-4H3/b18-17-. The van der Waals surface area contributed by atoms with Gasteiger partial charge in [0.25, 0.3) is 0 Å². The third-order valence-corrected chi connectivity index (χ3v) is 4.67. The van der Waals surface area contributed by atoms with Crippen molar-refractivity contribution in [3.8, 4) is 11.1 Å². The average Bonchev–Trinajstić information content (AvgIpc) is 3.44. The first-order chi connectivity index (χ1) is 12.0. The van der Waals surface area contributed by atoms with Gasteiger partial charge in [0.2, 0.25) is 0 Å². The summed E-state index contributed by atoms with van der Waals surface area (Å²) in [7, 11) is 0. The van der Waals surface area contributed by atoms with E-state index in [1.54, 1.807) is 0 Å². The number of hydrogen-bond donors (Lipinski definition) is 0. The van der Waals surface area contributed by atoms with E-state index in [1.807, 2.05) is 6.92 Å². The lowest BCUT2D eigenvalue weighted by molar-refractivity contribution is 0.186. The van der Waals surface area contributed by atoms with Crippen LogP contribution >= 0.6 is 0 Å². The molecule has 0 aromatic heterocycles. The summed E-state index contributed by atoms with van der Waals surface area (Å²) in [5, 5.41) is 0. The van der Waals surface area contributed by atoms with Crippen LogP contribution in [0.3, 0.4) is 0 Å². The fourth-order valence-electron chi connectivity index (χ4n) is 2.91. The first-order valence-electron chi connectivity index (χ1n) is 9.14. The minimum atomic E-state index is 0.295. The Kier molecular flexibility index (Phi) is 5.60. The third-order valence-electron chi connectivity index (χ3n) is 4.67. The van der Waals surface area contributed by atoms with Crippen molar-refractivity contribution >= 4 is 5.57 Å². The van der Waals surface area contributed by atoms with Gasteiger partial charge in [-0.1, -0.05) is 62.4 Å². The van der Waals surface area contributed by atoms with Crippen molar-refractivity contribution in [3.63, 3.8) is 0 Å². The average molecular weight is 336 g/mol. The van der Waals surface area contributed by atoms with E-state index < -0.39 is 0 Å². The van der Waals surface area contributed by atoms with Gasteiger partial charge in [-0.05, 0) is 54.0 Å². The minimum absolute atomic E-state index is 0.295. The van der Waals surface area contributed by atoms with Gasteiger partial charge in [-0.3, -0.25) is 0 Å². The second kappa shape index (κ2) is 7.88. The van der Waals surface area contributed by atoms with Crippen molar-refractivity contribution in [1.82, 2.24) is 0 Å². The molecule has 0 amide bonds. The largest absolute Gasteiger partial charge is 0.495 e. The van der Waals surface area contributed by atoms with E-state index in [9.17, 15) is 0 Å². The van der Waals surface area contributed by atoms with Gasteiger partial charge in [0.05, 0.1) is 12.4 Å². The maximum Gasteiger partial charge on any atom is 0.116 e. The van der Waals surface area contributed by atoms with E-state index in [4.69, 9.17) is 9.47 Å². The zero-order valence-corrected chi connectivity index (χ0v) is 15.7. The summed E-state index contributed by atoms with van der Waals surface area (Å²) in [4.78, 5) is 0. The highest BCUT2D eigenvalue weighted by molar-refractivity contribution is 5.70. The molecular weight excluding hydrogens is 308 g/mol. The van der Waals surface area contributed by atoms with E-state index in [2.05, 4.69) is 69.3 Å². The zero-order valence-electron chi connectivity index (χ0n) is 15.7. The molecule has 1 aliphatic rings. The van der Waals surface area contributed by atoms with E-state index in [0.717, 1.165) is 18.8 Å². The topological polar surface area (TPSA) is 21.8 Å². The Labute approximate surface area is 151 Å². The fourth-order valence-corrected chi connectivity index (χ4v) is 2.91. The van der Waals surface area contributed by atoms with Gasteiger partial charge in [0.1, 0.15) is 12.7 Å². The van der Waals surface area contributed by atoms with Gasteiger partial charge in [0, 0.05) is 0 Å². The Morgan fingerprint density at radius 2 is 1.56 bits per heavy atom. The van der Waals surface area contributed by atoms with Crippen LogP contribution in [0.25, 0.3) is 16.7 Å². The molecule has 0 bridgehead atoms. The number of epoxide rings is 1. The molecule has 0 spiro atoms. The van der Waals surface area contributed by atoms with Crippen molar-refractivity contribution in [3.05, 3.63) is 65.4 Å². The van der Waals surface area contributed by atoms with Crippen molar-refractivity contribution in [2.75, 3.05) is 13.2 Å². The second-order valence-electron chi connectivity index (χ2n) is 7.32. The number of hydrogen-bond acceptors (Lipinski definition) is 2. The molecule has 0 aliphatic carbocycles. The monoisotopic (exact) mass is 336 g/mol. The highest BCUT2D eigenvalue weighted by atomic mass is 16.6. The first-order valence-corrected chi connectivity index (χ1v) is 9.14. The van der Waals surface area contributed by atoms with Gasteiger partial charge in [0.15, 0.2) is 0 Å². The van der Waals surface area contributed by atoms with Gasteiger partial charge >= 0.3 is 0 Å². The number of allylic oxidation sites excluding steroid dienone is 2. The van der Waals surface area contributed by atoms with E-state index >= 15 is 0 Å². The predicted molar refractivity (Wildman–Crippen MR) is 104 cm³/mol. The molecule has 3 rings (SSSR count). The molecule has 1 heterocycles. The molecule has 0 radical (unpaired) electrons. The van der Waals surface area contributed by atoms with Crippen molar-refractivity contribution in [2.45, 2.75) is 40.2 Å². The zero-order chi connectivity index (χ0) is 17.8. The minimum Gasteiger partial charge on any atom is -0.495 e. The lowest BCUT2D eigenvalue weighted by Gasteiger charge is -2.11. The molecule has 2 aromatic rings. The lowest BCUT2D eigenvalue weighted by atomic mass is 9.97. The number of rotatable bonds is 7. The predicted octanol–water partition coefficient (Wildman–Crippen LogP) is 5.72. The van der Waals surface area contributed by atoms with E-state index in [-0.39, 0.29) is 0 Å². The summed E-state index contributed by atoms with van der Waals surface area (Å²) in [6.07, 6.45) is 1.43. The molecule has 1 aliphatic heterocycles. The molecule has 2 heteroatoms. The smallest absolute Gasteiger partial charge is 0.116 e. The van der Waals surface area contributed by atoms with Crippen LogP contribution in [0.5, 0.6) is 0 Å². The Hall–Kier alpha value is -2.06. The maximum absolute atomic E-state index is 5.80. The molecule has 2 nitrogen and oxygen atoms in total. The maximum atomic E-state index is 5.80. The SMILES string of the molecule is C/C(OCC1CO1)=C(\C)c1ccc(-c2ccc(CC(C)C)cc2)cc1. The van der Waals surface area contributed by atoms with E-state index in [0.29, 0.717) is 18.6 Å². The molecule has 1 saturated heterocycles. The molecule has 1 fully saturated rings. The van der Waals surface area contributed by atoms with Crippen LogP contribution in [-0.2, 0) is 15.9 Å². The Bertz CT molecular complexity index is 720. The lowest BCUT2D eigenvalue weighted by Crippen LogP contribution is -2.00. The van der Waals surface area contributed by atoms with Gasteiger partial charge in [-0.15, -0.1) is 0 Å². The third kappa shape index (κ3) is 4.96. The number of ether oxygens (including phenoxy) is 2. The van der Waals surface area contributed by atoms with Crippen LogP contribution in [0.4, 0.5) is 0 Å². The normalized spacial score (nSPS) is 17.4. The van der Waals surface area contributed by atoms with Crippen LogP contribution in [0.15, 0.2) is 54.3 Å². The van der Waals surface area contributed by atoms with Gasteiger partial charge in [-0.25, -0.2) is 0 Å². The summed E-state index contributed by atoms with van der Waals surface area (Å²) in [5.74, 6) is 1.66. The molecule has 2 aromatic carbocycles. The summed E-state index contributed by atoms with van der Waals surface area (Å²) in [6, 6.07) is 17.7. The van der Waals surface area contributed by atoms with Gasteiger partial charge in [-0.2, -0.15) is 0 Å². The van der Waals surface area contributed by atoms with Crippen LogP contribution in [0.1, 0.15) is 38.8 Å². The summed E-state index contributed by atoms with van der Waals surface area (Å²) in [5.41, 5.74) is 6.30. The van der Waals surface area contributed by atoms with Crippen LogP contribution in [0, 0.1) is 5.92 Å². The molecule has 132 valence electrons. The van der Waals surface area contributed by atoms with Crippen LogP contribution in [-0.4, -0.2) is 19.3 Å². The molecule has 1 atom stereocenters. The van der Waals surface area contributed by atoms with Crippen molar-refractivity contribution in [2.24, 2.45) is 5.92 Å². The molecule has 0 N–H and O–H groups in total. The molecule has 1 unspecified atom stereocenters.